The van der Waals surface area contributed by atoms with Crippen LogP contribution >= 0.6 is 0 Å². The zero-order chi connectivity index (χ0) is 14.9. The van der Waals surface area contributed by atoms with Crippen molar-refractivity contribution in [3.63, 3.8) is 0 Å². The number of hydrogen-bond acceptors (Lipinski definition) is 3. The van der Waals surface area contributed by atoms with Crippen LogP contribution in [0.5, 0.6) is 5.88 Å². The Bertz CT molecular complexity index is 543. The van der Waals surface area contributed by atoms with E-state index in [4.69, 9.17) is 4.74 Å². The minimum Gasteiger partial charge on any atom is -0.473 e. The van der Waals surface area contributed by atoms with Gasteiger partial charge in [0.15, 0.2) is 0 Å². The predicted octanol–water partition coefficient (Wildman–Crippen LogP) is 4.16. The predicted molar refractivity (Wildman–Crippen MR) is 79.6 cm³/mol. The second kappa shape index (κ2) is 5.44. The summed E-state index contributed by atoms with van der Waals surface area (Å²) in [6, 6.07) is 4.15. The maximum atomic E-state index is 9.30. The second-order valence-electron chi connectivity index (χ2n) is 7.03. The Kier molecular flexibility index (Phi) is 4.04. The average molecular weight is 272 g/mol. The Labute approximate surface area is 122 Å². The van der Waals surface area contributed by atoms with Crippen LogP contribution < -0.4 is 4.74 Å². The normalized spacial score (nSPS) is 25.0. The monoisotopic (exact) mass is 272 g/mol. The molecule has 1 aromatic rings. The fraction of sp³-hybridized carbons (Fsp3) is 0.647. The number of pyridine rings is 1. The van der Waals surface area contributed by atoms with Gasteiger partial charge < -0.3 is 4.74 Å². The number of aryl methyl sites for hydroxylation is 2. The third-order valence-corrected chi connectivity index (χ3v) is 4.05. The molecule has 0 spiro atoms. The SMILES string of the molecule is Cc1cc(C)c(C#N)c(OC2CC(C)CC(C)(C)C2)n1. The minimum absolute atomic E-state index is 0.162. The first kappa shape index (κ1) is 14.8. The molecule has 0 saturated heterocycles. The summed E-state index contributed by atoms with van der Waals surface area (Å²) < 4.78 is 6.11. The van der Waals surface area contributed by atoms with Gasteiger partial charge in [0, 0.05) is 5.69 Å². The van der Waals surface area contributed by atoms with Crippen LogP contribution in [-0.2, 0) is 0 Å². The maximum Gasteiger partial charge on any atom is 0.232 e. The number of hydrogen-bond donors (Lipinski definition) is 0. The lowest BCUT2D eigenvalue weighted by Gasteiger charge is -2.38. The van der Waals surface area contributed by atoms with Crippen LogP contribution in [0, 0.1) is 36.5 Å². The van der Waals surface area contributed by atoms with E-state index in [1.807, 2.05) is 19.9 Å². The first-order chi connectivity index (χ1) is 9.30. The van der Waals surface area contributed by atoms with Crippen molar-refractivity contribution in [2.45, 2.75) is 60.0 Å². The van der Waals surface area contributed by atoms with Crippen molar-refractivity contribution in [1.29, 1.82) is 5.26 Å². The molecule has 2 unspecified atom stereocenters. The first-order valence-electron chi connectivity index (χ1n) is 7.36. The van der Waals surface area contributed by atoms with Crippen LogP contribution in [0.1, 0.15) is 56.9 Å². The summed E-state index contributed by atoms with van der Waals surface area (Å²) in [6.45, 7) is 10.7. The zero-order valence-electron chi connectivity index (χ0n) is 13.2. The lowest BCUT2D eigenvalue weighted by Crippen LogP contribution is -2.34. The van der Waals surface area contributed by atoms with Crippen LogP contribution in [0.4, 0.5) is 0 Å². The minimum atomic E-state index is 0.162. The van der Waals surface area contributed by atoms with E-state index in [0.29, 0.717) is 22.8 Å². The quantitative estimate of drug-likeness (QED) is 0.812. The van der Waals surface area contributed by atoms with Crippen molar-refractivity contribution in [2.24, 2.45) is 11.3 Å². The molecule has 0 radical (unpaired) electrons. The van der Waals surface area contributed by atoms with E-state index >= 15 is 0 Å². The molecule has 1 saturated carbocycles. The third kappa shape index (κ3) is 3.30. The van der Waals surface area contributed by atoms with E-state index in [2.05, 4.69) is 31.8 Å². The molecule has 108 valence electrons. The highest BCUT2D eigenvalue weighted by Crippen LogP contribution is 2.40. The molecule has 0 bridgehead atoms. The second-order valence-corrected chi connectivity index (χ2v) is 7.03. The molecule has 2 atom stereocenters. The van der Waals surface area contributed by atoms with Crippen molar-refractivity contribution in [3.05, 3.63) is 22.9 Å². The van der Waals surface area contributed by atoms with Gasteiger partial charge in [-0.2, -0.15) is 5.26 Å². The lowest BCUT2D eigenvalue weighted by molar-refractivity contribution is 0.0529. The van der Waals surface area contributed by atoms with Gasteiger partial charge >= 0.3 is 0 Å². The van der Waals surface area contributed by atoms with Crippen LogP contribution in [-0.4, -0.2) is 11.1 Å². The van der Waals surface area contributed by atoms with E-state index in [0.717, 1.165) is 24.1 Å². The standard InChI is InChI=1S/C17H24N2O/c1-11-6-14(9-17(4,5)8-11)20-16-15(10-18)12(2)7-13(3)19-16/h7,11,14H,6,8-9H2,1-5H3. The number of ether oxygens (including phenoxy) is 1. The van der Waals surface area contributed by atoms with Gasteiger partial charge in [0.1, 0.15) is 17.7 Å². The number of nitriles is 1. The summed E-state index contributed by atoms with van der Waals surface area (Å²) >= 11 is 0. The molecule has 3 heteroatoms. The molecular formula is C17H24N2O. The van der Waals surface area contributed by atoms with E-state index < -0.39 is 0 Å². The summed E-state index contributed by atoms with van der Waals surface area (Å²) in [5.41, 5.74) is 2.72. The van der Waals surface area contributed by atoms with E-state index in [9.17, 15) is 5.26 Å². The fourth-order valence-electron chi connectivity index (χ4n) is 3.53. The van der Waals surface area contributed by atoms with Gasteiger partial charge in [-0.3, -0.25) is 0 Å². The Hall–Kier alpha value is -1.56. The Balaban J connectivity index is 2.24. The smallest absolute Gasteiger partial charge is 0.232 e. The molecule has 1 aromatic heterocycles. The molecule has 1 aliphatic carbocycles. The van der Waals surface area contributed by atoms with Crippen LogP contribution in [0.25, 0.3) is 0 Å². The first-order valence-corrected chi connectivity index (χ1v) is 7.36. The van der Waals surface area contributed by atoms with Crippen LogP contribution in [0.2, 0.25) is 0 Å². The molecule has 0 aromatic carbocycles. The zero-order valence-corrected chi connectivity index (χ0v) is 13.2. The molecule has 1 aliphatic rings. The molecule has 0 N–H and O–H groups in total. The molecule has 20 heavy (non-hydrogen) atoms. The van der Waals surface area contributed by atoms with Gasteiger partial charge in [0.05, 0.1) is 0 Å². The maximum absolute atomic E-state index is 9.30. The van der Waals surface area contributed by atoms with Crippen LogP contribution in [0.15, 0.2) is 6.07 Å². The number of rotatable bonds is 2. The van der Waals surface area contributed by atoms with Gasteiger partial charge in [0.2, 0.25) is 5.88 Å². The third-order valence-electron chi connectivity index (χ3n) is 4.05. The summed E-state index contributed by atoms with van der Waals surface area (Å²) in [5.74, 6) is 1.17. The van der Waals surface area contributed by atoms with Gasteiger partial charge in [-0.15, -0.1) is 0 Å². The summed E-state index contributed by atoms with van der Waals surface area (Å²) in [7, 11) is 0. The molecule has 2 rings (SSSR count). The Morgan fingerprint density at radius 1 is 1.35 bits per heavy atom. The van der Waals surface area contributed by atoms with Crippen molar-refractivity contribution >= 4 is 0 Å². The van der Waals surface area contributed by atoms with E-state index in [-0.39, 0.29) is 6.10 Å². The van der Waals surface area contributed by atoms with Crippen molar-refractivity contribution in [2.75, 3.05) is 0 Å². The highest BCUT2D eigenvalue weighted by molar-refractivity contribution is 5.45. The Morgan fingerprint density at radius 2 is 2.05 bits per heavy atom. The average Bonchev–Trinajstić information content (AvgIpc) is 2.25. The summed E-state index contributed by atoms with van der Waals surface area (Å²) in [4.78, 5) is 4.43. The fourth-order valence-corrected chi connectivity index (χ4v) is 3.53. The Morgan fingerprint density at radius 3 is 2.65 bits per heavy atom. The van der Waals surface area contributed by atoms with Gasteiger partial charge in [-0.05, 0) is 56.1 Å². The molecule has 1 fully saturated rings. The summed E-state index contributed by atoms with van der Waals surface area (Å²) in [6.07, 6.45) is 3.47. The number of aromatic nitrogens is 1. The molecule has 0 amide bonds. The highest BCUT2D eigenvalue weighted by atomic mass is 16.5. The van der Waals surface area contributed by atoms with Gasteiger partial charge in [0.25, 0.3) is 0 Å². The van der Waals surface area contributed by atoms with Crippen molar-refractivity contribution < 1.29 is 4.74 Å². The van der Waals surface area contributed by atoms with E-state index in [1.165, 1.54) is 6.42 Å². The van der Waals surface area contributed by atoms with Gasteiger partial charge in [-0.1, -0.05) is 20.8 Å². The van der Waals surface area contributed by atoms with Gasteiger partial charge in [-0.25, -0.2) is 4.98 Å². The van der Waals surface area contributed by atoms with E-state index in [1.54, 1.807) is 0 Å². The topological polar surface area (TPSA) is 45.9 Å². The van der Waals surface area contributed by atoms with Crippen molar-refractivity contribution in [1.82, 2.24) is 4.98 Å². The summed E-state index contributed by atoms with van der Waals surface area (Å²) in [5, 5.41) is 9.30. The molecule has 1 heterocycles. The largest absolute Gasteiger partial charge is 0.473 e. The van der Waals surface area contributed by atoms with Crippen LogP contribution in [0.3, 0.4) is 0 Å². The molecule has 0 aliphatic heterocycles. The highest BCUT2D eigenvalue weighted by Gasteiger charge is 2.33. The molecule has 3 nitrogen and oxygen atoms in total. The number of nitrogens with zero attached hydrogens (tertiary/aromatic N) is 2. The van der Waals surface area contributed by atoms with Crippen molar-refractivity contribution in [3.8, 4) is 11.9 Å². The molecular weight excluding hydrogens is 248 g/mol. The lowest BCUT2D eigenvalue weighted by atomic mass is 9.71.